The highest BCUT2D eigenvalue weighted by Gasteiger charge is 2.30. The first kappa shape index (κ1) is 22.7. The van der Waals surface area contributed by atoms with E-state index >= 15 is 0 Å². The molecule has 2 aromatic carbocycles. The van der Waals surface area contributed by atoms with E-state index in [0.29, 0.717) is 11.3 Å². The molecular formula is C19H19N4O6S. The van der Waals surface area contributed by atoms with Gasteiger partial charge in [-0.1, -0.05) is 30.7 Å². The van der Waals surface area contributed by atoms with Crippen molar-refractivity contribution < 1.29 is 27.6 Å². The van der Waals surface area contributed by atoms with Gasteiger partial charge in [0.25, 0.3) is 15.9 Å². The van der Waals surface area contributed by atoms with Gasteiger partial charge in [0.15, 0.2) is 0 Å². The molecule has 10 nitrogen and oxygen atoms in total. The molecule has 1 radical (unpaired) electrons. The van der Waals surface area contributed by atoms with E-state index in [4.69, 9.17) is 5.84 Å². The Morgan fingerprint density at radius 3 is 2.33 bits per heavy atom. The van der Waals surface area contributed by atoms with Gasteiger partial charge >= 0.3 is 11.9 Å². The number of sulfonamides is 1. The summed E-state index contributed by atoms with van der Waals surface area (Å²) in [6.07, 6.45) is -0.183. The molecule has 0 heterocycles. The smallest absolute Gasteiger partial charge is 0.307 e. The summed E-state index contributed by atoms with van der Waals surface area (Å²) in [7, 11) is -4.53. The van der Waals surface area contributed by atoms with E-state index in [1.165, 1.54) is 43.3 Å². The molecule has 2 rings (SSSR count). The van der Waals surface area contributed by atoms with Crippen LogP contribution in [0.5, 0.6) is 0 Å². The second kappa shape index (κ2) is 9.29. The third-order valence-electron chi connectivity index (χ3n) is 3.86. The molecule has 0 aromatic heterocycles. The van der Waals surface area contributed by atoms with Gasteiger partial charge in [0.1, 0.15) is 4.90 Å². The number of benzene rings is 2. The largest absolute Gasteiger partial charge is 0.333 e. The van der Waals surface area contributed by atoms with Gasteiger partial charge < -0.3 is 5.32 Å². The molecule has 0 atom stereocenters. The van der Waals surface area contributed by atoms with Gasteiger partial charge in [-0.25, -0.2) is 28.8 Å². The van der Waals surface area contributed by atoms with Crippen LogP contribution in [-0.4, -0.2) is 37.1 Å². The van der Waals surface area contributed by atoms with Crippen LogP contribution in [0.1, 0.15) is 29.3 Å². The highest BCUT2D eigenvalue weighted by atomic mass is 32.2. The molecule has 0 unspecified atom stereocenters. The molecule has 4 amide bonds. The number of nitrogens with one attached hydrogen (secondary N) is 2. The number of amides is 4. The molecule has 30 heavy (non-hydrogen) atoms. The second-order valence-corrected chi connectivity index (χ2v) is 7.76. The van der Waals surface area contributed by atoms with Crippen molar-refractivity contribution in [2.75, 3.05) is 5.32 Å². The Kier molecular flexibility index (Phi) is 7.03. The zero-order valence-electron chi connectivity index (χ0n) is 16.1. The van der Waals surface area contributed by atoms with Crippen molar-refractivity contribution in [3.05, 3.63) is 59.7 Å². The summed E-state index contributed by atoms with van der Waals surface area (Å²) in [6.45, 7) is 2.99. The van der Waals surface area contributed by atoms with E-state index in [9.17, 15) is 27.6 Å². The number of rotatable bonds is 6. The van der Waals surface area contributed by atoms with Crippen molar-refractivity contribution in [1.82, 2.24) is 9.73 Å². The average molecular weight is 431 g/mol. The Bertz CT molecular complexity index is 1100. The van der Waals surface area contributed by atoms with Crippen molar-refractivity contribution in [3.8, 4) is 0 Å². The van der Waals surface area contributed by atoms with Gasteiger partial charge in [-0.3, -0.25) is 14.4 Å². The average Bonchev–Trinajstić information content (AvgIpc) is 2.71. The van der Waals surface area contributed by atoms with E-state index in [2.05, 4.69) is 11.4 Å². The number of imide groups is 1. The number of hydrogen-bond acceptors (Lipinski definition) is 7. The van der Waals surface area contributed by atoms with E-state index in [1.807, 2.05) is 0 Å². The molecule has 4 N–H and O–H groups in total. The Hall–Kier alpha value is -3.57. The number of ketones is 1. The second-order valence-electron chi connectivity index (χ2n) is 6.10. The Morgan fingerprint density at radius 1 is 1.10 bits per heavy atom. The van der Waals surface area contributed by atoms with Crippen LogP contribution in [0.2, 0.25) is 0 Å². The van der Waals surface area contributed by atoms with Crippen molar-refractivity contribution in [2.45, 2.75) is 25.2 Å². The van der Waals surface area contributed by atoms with Gasteiger partial charge in [-0.2, -0.15) is 0 Å². The minimum Gasteiger partial charge on any atom is -0.307 e. The maximum atomic E-state index is 12.7. The summed E-state index contributed by atoms with van der Waals surface area (Å²) >= 11 is 0. The Morgan fingerprint density at radius 2 is 1.73 bits per heavy atom. The number of aryl methyl sites for hydroxylation is 1. The molecule has 2 aromatic rings. The molecule has 157 valence electrons. The summed E-state index contributed by atoms with van der Waals surface area (Å²) in [6, 6.07) is 11.4. The SMILES string of the molecule is CCC(=O)C(=O)N(N)C(=O)c1cc(C)ccc1S(=O)(=O)NC(=O)Nc1cc[c]cc1. The molecule has 0 bridgehead atoms. The number of hydrazine groups is 1. The highest BCUT2D eigenvalue weighted by molar-refractivity contribution is 7.90. The molecule has 0 aliphatic carbocycles. The zero-order valence-corrected chi connectivity index (χ0v) is 16.9. The summed E-state index contributed by atoms with van der Waals surface area (Å²) < 4.78 is 27.2. The Balaban J connectivity index is 2.34. The van der Waals surface area contributed by atoms with Gasteiger partial charge in [-0.05, 0) is 37.3 Å². The van der Waals surface area contributed by atoms with Crippen molar-refractivity contribution in [3.63, 3.8) is 0 Å². The quantitative estimate of drug-likeness (QED) is 0.268. The molecule has 0 saturated carbocycles. The number of anilines is 1. The number of hydrogen-bond donors (Lipinski definition) is 3. The molecule has 0 aliphatic rings. The molecule has 0 aliphatic heterocycles. The monoisotopic (exact) mass is 431 g/mol. The summed E-state index contributed by atoms with van der Waals surface area (Å²) in [4.78, 5) is 47.6. The number of carbonyl (C=O) groups is 4. The lowest BCUT2D eigenvalue weighted by Gasteiger charge is -2.17. The minimum absolute atomic E-state index is 0.0557. The van der Waals surface area contributed by atoms with Crippen LogP contribution in [-0.2, 0) is 19.6 Å². The topological polar surface area (TPSA) is 156 Å². The maximum Gasteiger partial charge on any atom is 0.333 e. The first-order valence-electron chi connectivity index (χ1n) is 8.63. The zero-order chi connectivity index (χ0) is 22.5. The maximum absolute atomic E-state index is 12.7. The molecule has 11 heteroatoms. The van der Waals surface area contributed by atoms with Gasteiger partial charge in [-0.15, -0.1) is 0 Å². The van der Waals surface area contributed by atoms with Gasteiger partial charge in [0.05, 0.1) is 5.56 Å². The van der Waals surface area contributed by atoms with Crippen molar-refractivity contribution in [1.29, 1.82) is 0 Å². The standard InChI is InChI=1S/C19H19N4O6S/c1-3-15(24)18(26)23(20)17(25)14-11-12(2)9-10-16(14)30(28,29)22-19(27)21-13-7-5-4-6-8-13/h5-11H,3,20H2,1-2H3,(H2,21,22,27). The number of carbonyl (C=O) groups excluding carboxylic acids is 4. The van der Waals surface area contributed by atoms with Crippen LogP contribution in [0.25, 0.3) is 0 Å². The third-order valence-corrected chi connectivity index (χ3v) is 5.24. The lowest BCUT2D eigenvalue weighted by atomic mass is 10.1. The minimum atomic E-state index is -4.53. The molecule has 0 saturated heterocycles. The van der Waals surface area contributed by atoms with Crippen LogP contribution in [0.3, 0.4) is 0 Å². The number of nitrogens with zero attached hydrogens (tertiary/aromatic N) is 1. The van der Waals surface area contributed by atoms with E-state index < -0.39 is 44.1 Å². The van der Waals surface area contributed by atoms with Crippen LogP contribution in [0.4, 0.5) is 10.5 Å². The number of urea groups is 1. The fourth-order valence-corrected chi connectivity index (χ4v) is 3.44. The fraction of sp³-hybridized carbons (Fsp3) is 0.158. The van der Waals surface area contributed by atoms with Crippen LogP contribution < -0.4 is 15.9 Å². The van der Waals surface area contributed by atoms with Crippen LogP contribution >= 0.6 is 0 Å². The van der Waals surface area contributed by atoms with Gasteiger partial charge in [0.2, 0.25) is 5.78 Å². The van der Waals surface area contributed by atoms with Crippen molar-refractivity contribution in [2.24, 2.45) is 5.84 Å². The third kappa shape index (κ3) is 5.27. The predicted molar refractivity (Wildman–Crippen MR) is 106 cm³/mol. The Labute approximate surface area is 173 Å². The van der Waals surface area contributed by atoms with Crippen LogP contribution in [0, 0.1) is 13.0 Å². The first-order chi connectivity index (χ1) is 14.1. The number of Topliss-reactive ketones (excluding diaryl/α,β-unsaturated/α-hetero) is 1. The lowest BCUT2D eigenvalue weighted by Crippen LogP contribution is -2.46. The normalized spacial score (nSPS) is 10.8. The van der Waals surface area contributed by atoms with E-state index in [-0.39, 0.29) is 11.4 Å². The predicted octanol–water partition coefficient (Wildman–Crippen LogP) is 1.13. The van der Waals surface area contributed by atoms with Crippen LogP contribution in [0.15, 0.2) is 47.4 Å². The molecule has 0 spiro atoms. The lowest BCUT2D eigenvalue weighted by molar-refractivity contribution is -0.142. The molecule has 0 fully saturated rings. The summed E-state index contributed by atoms with van der Waals surface area (Å²) in [5, 5.41) is 2.38. The fourth-order valence-electron chi connectivity index (χ4n) is 2.36. The first-order valence-corrected chi connectivity index (χ1v) is 10.1. The number of nitrogens with two attached hydrogens (primary N) is 1. The summed E-state index contributed by atoms with van der Waals surface area (Å²) in [5.41, 5.74) is 0.341. The van der Waals surface area contributed by atoms with Crippen molar-refractivity contribution >= 4 is 39.3 Å². The van der Waals surface area contributed by atoms with E-state index in [1.54, 1.807) is 11.6 Å². The summed E-state index contributed by atoms with van der Waals surface area (Å²) in [5.74, 6) is 2.05. The van der Waals surface area contributed by atoms with Gasteiger partial charge in [0, 0.05) is 12.1 Å². The van der Waals surface area contributed by atoms with E-state index in [0.717, 1.165) is 6.07 Å². The molecular weight excluding hydrogens is 412 g/mol. The highest BCUT2D eigenvalue weighted by Crippen LogP contribution is 2.19.